The van der Waals surface area contributed by atoms with Crippen LogP contribution in [0.15, 0.2) is 24.3 Å². The minimum Gasteiger partial charge on any atom is -0.380 e. The van der Waals surface area contributed by atoms with Crippen molar-refractivity contribution in [3.63, 3.8) is 0 Å². The van der Waals surface area contributed by atoms with Gasteiger partial charge in [0.15, 0.2) is 0 Å². The Morgan fingerprint density at radius 1 is 1.12 bits per heavy atom. The van der Waals surface area contributed by atoms with E-state index in [0.717, 1.165) is 18.9 Å². The first kappa shape index (κ1) is 13.0. The van der Waals surface area contributed by atoms with Crippen LogP contribution >= 0.6 is 0 Å². The molecule has 0 saturated carbocycles. The summed E-state index contributed by atoms with van der Waals surface area (Å²) in [6.07, 6.45) is 0. The van der Waals surface area contributed by atoms with Crippen LogP contribution in [0.3, 0.4) is 0 Å². The fourth-order valence-corrected chi connectivity index (χ4v) is 1.59. The zero-order valence-corrected chi connectivity index (χ0v) is 10.8. The number of anilines is 1. The summed E-state index contributed by atoms with van der Waals surface area (Å²) in [6.45, 7) is 10.1. The van der Waals surface area contributed by atoms with E-state index in [1.54, 1.807) is 0 Å². The highest BCUT2D eigenvalue weighted by molar-refractivity contribution is 5.45. The Balaban J connectivity index is 2.48. The highest BCUT2D eigenvalue weighted by atomic mass is 16.5. The molecular weight excluding hydrogens is 198 g/mol. The van der Waals surface area contributed by atoms with E-state index in [1.807, 2.05) is 6.92 Å². The zero-order chi connectivity index (χ0) is 12.0. The van der Waals surface area contributed by atoms with Crippen molar-refractivity contribution in [2.45, 2.75) is 39.7 Å². The lowest BCUT2D eigenvalue weighted by molar-refractivity contribution is 0.141. The quantitative estimate of drug-likeness (QED) is 0.791. The lowest BCUT2D eigenvalue weighted by Crippen LogP contribution is -2.21. The number of hydrogen-bond acceptors (Lipinski definition) is 2. The van der Waals surface area contributed by atoms with Crippen molar-refractivity contribution in [3.05, 3.63) is 29.8 Å². The molecule has 1 aromatic carbocycles. The Bertz CT molecular complexity index is 292. The van der Waals surface area contributed by atoms with Gasteiger partial charge < -0.3 is 10.1 Å². The molecule has 0 amide bonds. The third kappa shape index (κ3) is 4.23. The second-order valence-electron chi connectivity index (χ2n) is 4.48. The highest BCUT2D eigenvalue weighted by Gasteiger charge is 2.02. The van der Waals surface area contributed by atoms with Crippen molar-refractivity contribution in [1.29, 1.82) is 0 Å². The van der Waals surface area contributed by atoms with E-state index < -0.39 is 0 Å². The standard InChI is InChI=1S/C14H23NO/c1-5-16-10-12(4)15-14-8-6-13(7-9-14)11(2)3/h6-9,11-12,15H,5,10H2,1-4H3. The van der Waals surface area contributed by atoms with Crippen LogP contribution in [-0.2, 0) is 4.74 Å². The van der Waals surface area contributed by atoms with Crippen molar-refractivity contribution in [3.8, 4) is 0 Å². The molecule has 90 valence electrons. The maximum atomic E-state index is 5.37. The third-order valence-corrected chi connectivity index (χ3v) is 2.56. The molecule has 0 bridgehead atoms. The largest absolute Gasteiger partial charge is 0.380 e. The molecule has 0 aliphatic rings. The summed E-state index contributed by atoms with van der Waals surface area (Å²) in [4.78, 5) is 0. The molecule has 2 nitrogen and oxygen atoms in total. The minimum absolute atomic E-state index is 0.352. The second kappa shape index (κ2) is 6.54. The van der Waals surface area contributed by atoms with Gasteiger partial charge in [0.05, 0.1) is 6.61 Å². The normalized spacial score (nSPS) is 12.8. The van der Waals surface area contributed by atoms with Crippen LogP contribution in [0.2, 0.25) is 0 Å². The Kier molecular flexibility index (Phi) is 5.33. The number of rotatable bonds is 6. The number of ether oxygens (including phenoxy) is 1. The number of hydrogen-bond donors (Lipinski definition) is 1. The molecule has 0 fully saturated rings. The van der Waals surface area contributed by atoms with Gasteiger partial charge in [-0.2, -0.15) is 0 Å². The van der Waals surface area contributed by atoms with E-state index in [1.165, 1.54) is 5.56 Å². The Labute approximate surface area is 99.0 Å². The lowest BCUT2D eigenvalue weighted by atomic mass is 10.0. The molecule has 0 saturated heterocycles. The fourth-order valence-electron chi connectivity index (χ4n) is 1.59. The van der Waals surface area contributed by atoms with Gasteiger partial charge in [0, 0.05) is 18.3 Å². The van der Waals surface area contributed by atoms with Gasteiger partial charge in [-0.05, 0) is 37.5 Å². The van der Waals surface area contributed by atoms with Crippen LogP contribution < -0.4 is 5.32 Å². The van der Waals surface area contributed by atoms with Crippen LogP contribution in [0.1, 0.15) is 39.2 Å². The van der Waals surface area contributed by atoms with Crippen molar-refractivity contribution in [2.24, 2.45) is 0 Å². The van der Waals surface area contributed by atoms with Crippen molar-refractivity contribution in [1.82, 2.24) is 0 Å². The van der Waals surface area contributed by atoms with Gasteiger partial charge in [-0.15, -0.1) is 0 Å². The van der Waals surface area contributed by atoms with E-state index in [9.17, 15) is 0 Å². The van der Waals surface area contributed by atoms with Gasteiger partial charge in [-0.25, -0.2) is 0 Å². The maximum absolute atomic E-state index is 5.37. The minimum atomic E-state index is 0.352. The molecule has 1 unspecified atom stereocenters. The van der Waals surface area contributed by atoms with Crippen molar-refractivity contribution in [2.75, 3.05) is 18.5 Å². The van der Waals surface area contributed by atoms with Gasteiger partial charge in [-0.1, -0.05) is 26.0 Å². The molecule has 1 N–H and O–H groups in total. The molecule has 0 radical (unpaired) electrons. The van der Waals surface area contributed by atoms with Crippen molar-refractivity contribution >= 4 is 5.69 Å². The van der Waals surface area contributed by atoms with E-state index >= 15 is 0 Å². The average molecular weight is 221 g/mol. The summed E-state index contributed by atoms with van der Waals surface area (Å²) in [7, 11) is 0. The molecule has 0 aliphatic heterocycles. The lowest BCUT2D eigenvalue weighted by Gasteiger charge is -2.15. The zero-order valence-electron chi connectivity index (χ0n) is 10.8. The Morgan fingerprint density at radius 3 is 2.25 bits per heavy atom. The summed E-state index contributed by atoms with van der Waals surface area (Å²) in [6, 6.07) is 8.99. The van der Waals surface area contributed by atoms with Gasteiger partial charge in [0.25, 0.3) is 0 Å². The van der Waals surface area contributed by atoms with Crippen LogP contribution in [-0.4, -0.2) is 19.3 Å². The first-order chi connectivity index (χ1) is 7.63. The summed E-state index contributed by atoms with van der Waals surface area (Å²) in [5, 5.41) is 3.42. The van der Waals surface area contributed by atoms with Crippen LogP contribution in [0.5, 0.6) is 0 Å². The van der Waals surface area contributed by atoms with Crippen molar-refractivity contribution < 1.29 is 4.74 Å². The third-order valence-electron chi connectivity index (χ3n) is 2.56. The molecule has 0 heterocycles. The van der Waals surface area contributed by atoms with E-state index in [2.05, 4.69) is 50.4 Å². The molecule has 2 heteroatoms. The van der Waals surface area contributed by atoms with Crippen LogP contribution in [0, 0.1) is 0 Å². The number of nitrogens with one attached hydrogen (secondary N) is 1. The average Bonchev–Trinajstić information content (AvgIpc) is 2.27. The summed E-state index contributed by atoms with van der Waals surface area (Å²) < 4.78 is 5.37. The SMILES string of the molecule is CCOCC(C)Nc1ccc(C(C)C)cc1. The van der Waals surface area contributed by atoms with Crippen LogP contribution in [0.25, 0.3) is 0 Å². The fraction of sp³-hybridized carbons (Fsp3) is 0.571. The molecule has 1 atom stereocenters. The summed E-state index contributed by atoms with van der Waals surface area (Å²) in [5.41, 5.74) is 2.54. The van der Waals surface area contributed by atoms with Gasteiger partial charge >= 0.3 is 0 Å². The first-order valence-electron chi connectivity index (χ1n) is 6.07. The monoisotopic (exact) mass is 221 g/mol. The first-order valence-corrected chi connectivity index (χ1v) is 6.07. The van der Waals surface area contributed by atoms with Gasteiger partial charge in [0.1, 0.15) is 0 Å². The highest BCUT2D eigenvalue weighted by Crippen LogP contribution is 2.17. The predicted octanol–water partition coefficient (Wildman–Crippen LogP) is 3.65. The Hall–Kier alpha value is -1.02. The maximum Gasteiger partial charge on any atom is 0.0664 e. The van der Waals surface area contributed by atoms with E-state index in [0.29, 0.717) is 12.0 Å². The predicted molar refractivity (Wildman–Crippen MR) is 70.1 cm³/mol. The molecule has 16 heavy (non-hydrogen) atoms. The molecule has 0 spiro atoms. The summed E-state index contributed by atoms with van der Waals surface area (Å²) in [5.74, 6) is 0.592. The second-order valence-corrected chi connectivity index (χ2v) is 4.48. The smallest absolute Gasteiger partial charge is 0.0664 e. The van der Waals surface area contributed by atoms with Gasteiger partial charge in [0.2, 0.25) is 0 Å². The Morgan fingerprint density at radius 2 is 1.75 bits per heavy atom. The molecule has 0 aromatic heterocycles. The number of benzene rings is 1. The molecule has 0 aliphatic carbocycles. The molecular formula is C14H23NO. The summed E-state index contributed by atoms with van der Waals surface area (Å²) >= 11 is 0. The van der Waals surface area contributed by atoms with Gasteiger partial charge in [-0.3, -0.25) is 0 Å². The van der Waals surface area contributed by atoms with Crippen LogP contribution in [0.4, 0.5) is 5.69 Å². The molecule has 1 rings (SSSR count). The topological polar surface area (TPSA) is 21.3 Å². The molecule has 1 aromatic rings. The van der Waals surface area contributed by atoms with E-state index in [-0.39, 0.29) is 0 Å². The van der Waals surface area contributed by atoms with E-state index in [4.69, 9.17) is 4.74 Å².